The molecular weight excluding hydrogens is 220 g/mol. The number of carbonyl (C=O) groups excluding carboxylic acids is 2. The molecular formula is C12H12N2O3. The molecule has 0 aliphatic heterocycles. The summed E-state index contributed by atoms with van der Waals surface area (Å²) in [5, 5.41) is 2.53. The van der Waals surface area contributed by atoms with Crippen LogP contribution in [0.4, 0.5) is 0 Å². The standard InChI is InChI=1S/C12H12N2O3/c1-9(15)13-6-3-4-11-8-10(5-7-14-11)12(16)17-2/h5,7-8H,6H2,1-2H3,(H,13,15). The van der Waals surface area contributed by atoms with E-state index in [1.807, 2.05) is 0 Å². The normalized spacial score (nSPS) is 8.82. The van der Waals surface area contributed by atoms with Crippen molar-refractivity contribution in [2.75, 3.05) is 13.7 Å². The summed E-state index contributed by atoms with van der Waals surface area (Å²) in [5.74, 6) is 4.88. The molecule has 1 rings (SSSR count). The van der Waals surface area contributed by atoms with Gasteiger partial charge in [-0.1, -0.05) is 5.92 Å². The summed E-state index contributed by atoms with van der Waals surface area (Å²) in [6.45, 7) is 1.66. The molecule has 0 bridgehead atoms. The fraction of sp³-hybridized carbons (Fsp3) is 0.250. The van der Waals surface area contributed by atoms with Gasteiger partial charge in [0.1, 0.15) is 5.69 Å². The van der Waals surface area contributed by atoms with Crippen molar-refractivity contribution < 1.29 is 14.3 Å². The van der Waals surface area contributed by atoms with Crippen LogP contribution in [0.3, 0.4) is 0 Å². The number of nitrogens with zero attached hydrogens (tertiary/aromatic N) is 1. The summed E-state index contributed by atoms with van der Waals surface area (Å²) < 4.78 is 4.58. The van der Waals surface area contributed by atoms with Crippen LogP contribution in [0.5, 0.6) is 0 Å². The molecule has 88 valence electrons. The van der Waals surface area contributed by atoms with Crippen molar-refractivity contribution in [2.24, 2.45) is 0 Å². The van der Waals surface area contributed by atoms with Gasteiger partial charge in [0.15, 0.2) is 0 Å². The first-order valence-electron chi connectivity index (χ1n) is 4.91. The van der Waals surface area contributed by atoms with E-state index in [-0.39, 0.29) is 12.5 Å². The number of nitrogens with one attached hydrogen (secondary N) is 1. The number of hydrogen-bond acceptors (Lipinski definition) is 4. The summed E-state index contributed by atoms with van der Waals surface area (Å²) in [6.07, 6.45) is 1.48. The van der Waals surface area contributed by atoms with Gasteiger partial charge in [-0.15, -0.1) is 0 Å². The van der Waals surface area contributed by atoms with Gasteiger partial charge in [-0.05, 0) is 18.1 Å². The van der Waals surface area contributed by atoms with Gasteiger partial charge < -0.3 is 10.1 Å². The molecule has 1 N–H and O–H groups in total. The number of pyridine rings is 1. The predicted molar refractivity (Wildman–Crippen MR) is 61.1 cm³/mol. The number of hydrogen-bond donors (Lipinski definition) is 1. The molecule has 1 amide bonds. The Hall–Kier alpha value is -2.35. The minimum Gasteiger partial charge on any atom is -0.465 e. The molecule has 1 aromatic rings. The topological polar surface area (TPSA) is 68.3 Å². The average Bonchev–Trinajstić information content (AvgIpc) is 2.34. The molecule has 1 aromatic heterocycles. The van der Waals surface area contributed by atoms with E-state index in [0.717, 1.165) is 0 Å². The number of methoxy groups -OCH3 is 1. The van der Waals surface area contributed by atoms with Crippen LogP contribution in [0, 0.1) is 11.8 Å². The Balaban J connectivity index is 2.71. The van der Waals surface area contributed by atoms with E-state index in [4.69, 9.17) is 0 Å². The molecule has 0 spiro atoms. The quantitative estimate of drug-likeness (QED) is 0.590. The number of carbonyl (C=O) groups is 2. The van der Waals surface area contributed by atoms with Gasteiger partial charge in [-0.2, -0.15) is 0 Å². The van der Waals surface area contributed by atoms with E-state index >= 15 is 0 Å². The van der Waals surface area contributed by atoms with Crippen molar-refractivity contribution in [1.82, 2.24) is 10.3 Å². The second-order valence-electron chi connectivity index (χ2n) is 3.13. The van der Waals surface area contributed by atoms with Crippen molar-refractivity contribution in [3.63, 3.8) is 0 Å². The lowest BCUT2D eigenvalue weighted by Gasteiger charge is -1.98. The molecule has 0 atom stereocenters. The molecule has 17 heavy (non-hydrogen) atoms. The van der Waals surface area contributed by atoms with Crippen molar-refractivity contribution in [2.45, 2.75) is 6.92 Å². The number of rotatable bonds is 2. The van der Waals surface area contributed by atoms with Gasteiger partial charge >= 0.3 is 5.97 Å². The van der Waals surface area contributed by atoms with Gasteiger partial charge in [-0.3, -0.25) is 4.79 Å². The Bertz CT molecular complexity index is 486. The molecule has 5 nitrogen and oxygen atoms in total. The zero-order valence-electron chi connectivity index (χ0n) is 9.61. The van der Waals surface area contributed by atoms with E-state index in [1.165, 1.54) is 26.3 Å². The van der Waals surface area contributed by atoms with E-state index < -0.39 is 5.97 Å². The number of esters is 1. The Labute approximate surface area is 99.2 Å². The molecule has 0 saturated heterocycles. The minimum atomic E-state index is -0.433. The third-order valence-corrected chi connectivity index (χ3v) is 1.82. The summed E-state index contributed by atoms with van der Waals surface area (Å²) in [7, 11) is 1.31. The second kappa shape index (κ2) is 6.28. The van der Waals surface area contributed by atoms with Crippen LogP contribution in [0.15, 0.2) is 18.3 Å². The van der Waals surface area contributed by atoms with Gasteiger partial charge in [0.2, 0.25) is 5.91 Å². The van der Waals surface area contributed by atoms with Crippen LogP contribution in [-0.2, 0) is 9.53 Å². The Kier molecular flexibility index (Phi) is 4.70. The number of amides is 1. The lowest BCUT2D eigenvalue weighted by Crippen LogP contribution is -2.19. The van der Waals surface area contributed by atoms with Crippen LogP contribution < -0.4 is 5.32 Å². The molecule has 0 fully saturated rings. The molecule has 0 radical (unpaired) electrons. The lowest BCUT2D eigenvalue weighted by molar-refractivity contribution is -0.118. The maximum absolute atomic E-state index is 11.2. The van der Waals surface area contributed by atoms with Gasteiger partial charge in [0.25, 0.3) is 0 Å². The van der Waals surface area contributed by atoms with Gasteiger partial charge in [0.05, 0.1) is 19.2 Å². The Morgan fingerprint density at radius 2 is 2.29 bits per heavy atom. The molecule has 5 heteroatoms. The summed E-state index contributed by atoms with van der Waals surface area (Å²) >= 11 is 0. The maximum atomic E-state index is 11.2. The summed E-state index contributed by atoms with van der Waals surface area (Å²) in [6, 6.07) is 3.08. The monoisotopic (exact) mass is 232 g/mol. The fourth-order valence-corrected chi connectivity index (χ4v) is 1.05. The van der Waals surface area contributed by atoms with E-state index in [9.17, 15) is 9.59 Å². The highest BCUT2D eigenvalue weighted by Gasteiger charge is 2.04. The van der Waals surface area contributed by atoms with Crippen molar-refractivity contribution in [1.29, 1.82) is 0 Å². The molecule has 0 aliphatic carbocycles. The largest absolute Gasteiger partial charge is 0.465 e. The number of aromatic nitrogens is 1. The van der Waals surface area contributed by atoms with Gasteiger partial charge in [-0.25, -0.2) is 9.78 Å². The molecule has 1 heterocycles. The first-order chi connectivity index (χ1) is 8.13. The third-order valence-electron chi connectivity index (χ3n) is 1.82. The van der Waals surface area contributed by atoms with Crippen LogP contribution in [0.25, 0.3) is 0 Å². The van der Waals surface area contributed by atoms with Gasteiger partial charge in [0, 0.05) is 13.1 Å². The Morgan fingerprint density at radius 3 is 2.94 bits per heavy atom. The summed E-state index contributed by atoms with van der Waals surface area (Å²) in [5.41, 5.74) is 0.851. The molecule has 0 aliphatic rings. The average molecular weight is 232 g/mol. The fourth-order valence-electron chi connectivity index (χ4n) is 1.05. The summed E-state index contributed by atoms with van der Waals surface area (Å²) in [4.78, 5) is 25.8. The van der Waals surface area contributed by atoms with Crippen LogP contribution in [0.2, 0.25) is 0 Å². The smallest absolute Gasteiger partial charge is 0.338 e. The first kappa shape index (κ1) is 12.7. The Morgan fingerprint density at radius 1 is 1.53 bits per heavy atom. The zero-order chi connectivity index (χ0) is 12.7. The first-order valence-corrected chi connectivity index (χ1v) is 4.91. The minimum absolute atomic E-state index is 0.143. The SMILES string of the molecule is COC(=O)c1ccnc(C#CCNC(C)=O)c1. The van der Waals surface area contributed by atoms with E-state index in [2.05, 4.69) is 26.9 Å². The highest BCUT2D eigenvalue weighted by Crippen LogP contribution is 2.02. The van der Waals surface area contributed by atoms with Crippen molar-refractivity contribution in [3.8, 4) is 11.8 Å². The highest BCUT2D eigenvalue weighted by molar-refractivity contribution is 5.89. The van der Waals surface area contributed by atoms with Crippen molar-refractivity contribution in [3.05, 3.63) is 29.6 Å². The number of ether oxygens (including phenoxy) is 1. The van der Waals surface area contributed by atoms with E-state index in [0.29, 0.717) is 11.3 Å². The van der Waals surface area contributed by atoms with Crippen LogP contribution in [-0.4, -0.2) is 30.5 Å². The predicted octanol–water partition coefficient (Wildman–Crippen LogP) is 0.356. The lowest BCUT2D eigenvalue weighted by atomic mass is 10.2. The second-order valence-corrected chi connectivity index (χ2v) is 3.13. The third kappa shape index (κ3) is 4.34. The molecule has 0 unspecified atom stereocenters. The molecule has 0 saturated carbocycles. The highest BCUT2D eigenvalue weighted by atomic mass is 16.5. The zero-order valence-corrected chi connectivity index (χ0v) is 9.61. The van der Waals surface area contributed by atoms with E-state index in [1.54, 1.807) is 6.07 Å². The maximum Gasteiger partial charge on any atom is 0.338 e. The van der Waals surface area contributed by atoms with Crippen LogP contribution in [0.1, 0.15) is 23.0 Å². The molecule has 0 aromatic carbocycles. The van der Waals surface area contributed by atoms with Crippen LogP contribution >= 0.6 is 0 Å². The van der Waals surface area contributed by atoms with Crippen molar-refractivity contribution >= 4 is 11.9 Å².